The van der Waals surface area contributed by atoms with E-state index in [1.807, 2.05) is 0 Å². The molecule has 1 rings (SSSR count). The molecule has 0 unspecified atom stereocenters. The molecule has 0 bridgehead atoms. The van der Waals surface area contributed by atoms with Crippen molar-refractivity contribution in [1.82, 2.24) is 0 Å². The second kappa shape index (κ2) is 4.94. The predicted octanol–water partition coefficient (Wildman–Crippen LogP) is 3.18. The highest BCUT2D eigenvalue weighted by Gasteiger charge is 2.31. The Morgan fingerprint density at radius 2 is 1.93 bits per heavy atom. The van der Waals surface area contributed by atoms with E-state index in [1.165, 1.54) is 18.2 Å². The molecule has 1 aromatic carbocycles. The number of rotatable bonds is 1. The fourth-order valence-electron chi connectivity index (χ4n) is 0.912. The summed E-state index contributed by atoms with van der Waals surface area (Å²) in [5.74, 6) is 4.68. The Morgan fingerprint density at radius 1 is 1.27 bits per heavy atom. The van der Waals surface area contributed by atoms with Gasteiger partial charge in [0.2, 0.25) is 0 Å². The summed E-state index contributed by atoms with van der Waals surface area (Å²) in [6.45, 7) is 0. The second-order valence-electron chi connectivity index (χ2n) is 2.48. The molecule has 0 amide bonds. The standard InChI is InChI=1S/C10H6ClF3O/c11-7-3-5-8-4-1-2-6-9(8)15-10(12,13)14/h1-2,4,6H,7H2. The summed E-state index contributed by atoms with van der Waals surface area (Å²) >= 11 is 5.30. The monoisotopic (exact) mass is 234 g/mol. The van der Waals surface area contributed by atoms with Crippen LogP contribution in [0.5, 0.6) is 5.75 Å². The third-order valence-electron chi connectivity index (χ3n) is 1.40. The summed E-state index contributed by atoms with van der Waals surface area (Å²) in [5, 5.41) is 0. The van der Waals surface area contributed by atoms with Crippen molar-refractivity contribution in [2.75, 3.05) is 5.88 Å². The summed E-state index contributed by atoms with van der Waals surface area (Å²) in [4.78, 5) is 0. The Kier molecular flexibility index (Phi) is 3.87. The molecule has 0 heterocycles. The third-order valence-corrected chi connectivity index (χ3v) is 1.54. The van der Waals surface area contributed by atoms with Crippen LogP contribution in [0, 0.1) is 11.8 Å². The minimum Gasteiger partial charge on any atom is -0.404 e. The van der Waals surface area contributed by atoms with E-state index >= 15 is 0 Å². The first-order valence-corrected chi connectivity index (χ1v) is 4.46. The van der Waals surface area contributed by atoms with Crippen LogP contribution in [0.25, 0.3) is 0 Å². The number of hydrogen-bond donors (Lipinski definition) is 0. The summed E-state index contributed by atoms with van der Waals surface area (Å²) in [7, 11) is 0. The van der Waals surface area contributed by atoms with Crippen molar-refractivity contribution >= 4 is 11.6 Å². The molecule has 1 nitrogen and oxygen atoms in total. The topological polar surface area (TPSA) is 9.23 Å². The van der Waals surface area contributed by atoms with Gasteiger partial charge in [-0.05, 0) is 12.1 Å². The van der Waals surface area contributed by atoms with Crippen molar-refractivity contribution in [2.24, 2.45) is 0 Å². The lowest BCUT2D eigenvalue weighted by atomic mass is 10.2. The van der Waals surface area contributed by atoms with Gasteiger partial charge in [-0.25, -0.2) is 0 Å². The van der Waals surface area contributed by atoms with E-state index in [0.717, 1.165) is 0 Å². The van der Waals surface area contributed by atoms with Gasteiger partial charge in [0.1, 0.15) is 5.75 Å². The summed E-state index contributed by atoms with van der Waals surface area (Å²) < 4.78 is 39.6. The van der Waals surface area contributed by atoms with Crippen LogP contribution >= 0.6 is 11.6 Å². The van der Waals surface area contributed by atoms with E-state index in [2.05, 4.69) is 16.6 Å². The minimum atomic E-state index is -4.71. The molecule has 5 heteroatoms. The number of para-hydroxylation sites is 1. The lowest BCUT2D eigenvalue weighted by molar-refractivity contribution is -0.274. The second-order valence-corrected chi connectivity index (χ2v) is 2.75. The van der Waals surface area contributed by atoms with Gasteiger partial charge in [0, 0.05) is 0 Å². The lowest BCUT2D eigenvalue weighted by Crippen LogP contribution is -2.17. The average molecular weight is 235 g/mol. The summed E-state index contributed by atoms with van der Waals surface area (Å²) in [6.07, 6.45) is -4.71. The van der Waals surface area contributed by atoms with Crippen LogP contribution in [0.15, 0.2) is 24.3 Å². The van der Waals surface area contributed by atoms with Crippen LogP contribution in [-0.4, -0.2) is 12.2 Å². The molecule has 0 aliphatic carbocycles. The van der Waals surface area contributed by atoms with Gasteiger partial charge in [-0.3, -0.25) is 0 Å². The molecule has 0 N–H and O–H groups in total. The number of hydrogen-bond acceptors (Lipinski definition) is 1. The Balaban J connectivity index is 2.96. The quantitative estimate of drug-likeness (QED) is 0.536. The van der Waals surface area contributed by atoms with Gasteiger partial charge >= 0.3 is 6.36 Å². The maximum atomic E-state index is 11.9. The number of benzene rings is 1. The van der Waals surface area contributed by atoms with Crippen molar-refractivity contribution in [3.63, 3.8) is 0 Å². The normalized spacial score (nSPS) is 10.4. The van der Waals surface area contributed by atoms with E-state index < -0.39 is 6.36 Å². The van der Waals surface area contributed by atoms with Gasteiger partial charge in [-0.1, -0.05) is 24.0 Å². The molecule has 15 heavy (non-hydrogen) atoms. The van der Waals surface area contributed by atoms with Gasteiger partial charge in [0.05, 0.1) is 11.4 Å². The van der Waals surface area contributed by atoms with Crippen LogP contribution < -0.4 is 4.74 Å². The Hall–Kier alpha value is -1.34. The van der Waals surface area contributed by atoms with Crippen LogP contribution in [0.1, 0.15) is 5.56 Å². The zero-order chi connectivity index (χ0) is 11.3. The van der Waals surface area contributed by atoms with Gasteiger partial charge in [-0.2, -0.15) is 0 Å². The van der Waals surface area contributed by atoms with Gasteiger partial charge in [-0.15, -0.1) is 24.8 Å². The van der Waals surface area contributed by atoms with Crippen molar-refractivity contribution in [1.29, 1.82) is 0 Å². The maximum Gasteiger partial charge on any atom is 0.573 e. The van der Waals surface area contributed by atoms with E-state index in [1.54, 1.807) is 6.07 Å². The SMILES string of the molecule is FC(F)(F)Oc1ccccc1C#CCCl. The zero-order valence-corrected chi connectivity index (χ0v) is 8.19. The fourth-order valence-corrected chi connectivity index (χ4v) is 0.979. The molecule has 0 fully saturated rings. The van der Waals surface area contributed by atoms with E-state index in [4.69, 9.17) is 11.6 Å². The van der Waals surface area contributed by atoms with E-state index in [-0.39, 0.29) is 17.2 Å². The maximum absolute atomic E-state index is 11.9. The molecular weight excluding hydrogens is 229 g/mol. The van der Waals surface area contributed by atoms with Crippen molar-refractivity contribution in [2.45, 2.75) is 6.36 Å². The van der Waals surface area contributed by atoms with Gasteiger partial charge < -0.3 is 4.74 Å². The first-order valence-electron chi connectivity index (χ1n) is 3.92. The molecule has 0 radical (unpaired) electrons. The van der Waals surface area contributed by atoms with Crippen LogP contribution in [0.2, 0.25) is 0 Å². The Morgan fingerprint density at radius 3 is 2.53 bits per heavy atom. The molecule has 80 valence electrons. The smallest absolute Gasteiger partial charge is 0.404 e. The van der Waals surface area contributed by atoms with Crippen LogP contribution in [-0.2, 0) is 0 Å². The van der Waals surface area contributed by atoms with Crippen molar-refractivity contribution < 1.29 is 17.9 Å². The molecule has 0 aromatic heterocycles. The average Bonchev–Trinajstić information content (AvgIpc) is 2.14. The van der Waals surface area contributed by atoms with Gasteiger partial charge in [0.15, 0.2) is 0 Å². The zero-order valence-electron chi connectivity index (χ0n) is 7.44. The number of ether oxygens (including phenoxy) is 1. The molecule has 0 aliphatic heterocycles. The Labute approximate surface area is 89.8 Å². The highest BCUT2D eigenvalue weighted by molar-refractivity contribution is 6.19. The first-order chi connectivity index (χ1) is 7.03. The van der Waals surface area contributed by atoms with Crippen LogP contribution in [0.4, 0.5) is 13.2 Å². The third kappa shape index (κ3) is 4.13. The van der Waals surface area contributed by atoms with Crippen LogP contribution in [0.3, 0.4) is 0 Å². The molecule has 0 aliphatic rings. The van der Waals surface area contributed by atoms with E-state index in [9.17, 15) is 13.2 Å². The first kappa shape index (κ1) is 11.7. The summed E-state index contributed by atoms with van der Waals surface area (Å²) in [6, 6.07) is 5.64. The number of alkyl halides is 4. The predicted molar refractivity (Wildman–Crippen MR) is 50.7 cm³/mol. The Bertz CT molecular complexity index is 390. The van der Waals surface area contributed by atoms with E-state index in [0.29, 0.717) is 0 Å². The highest BCUT2D eigenvalue weighted by Crippen LogP contribution is 2.25. The molecule has 0 saturated heterocycles. The molecule has 0 atom stereocenters. The van der Waals surface area contributed by atoms with Crippen molar-refractivity contribution in [3.05, 3.63) is 29.8 Å². The lowest BCUT2D eigenvalue weighted by Gasteiger charge is -2.09. The highest BCUT2D eigenvalue weighted by atomic mass is 35.5. The van der Waals surface area contributed by atoms with Gasteiger partial charge in [0.25, 0.3) is 0 Å². The fraction of sp³-hybridized carbons (Fsp3) is 0.200. The minimum absolute atomic E-state index is 0.0559. The summed E-state index contributed by atoms with van der Waals surface area (Å²) in [5.41, 5.74) is 0.162. The number of halogens is 4. The molecule has 0 saturated carbocycles. The molecule has 0 spiro atoms. The van der Waals surface area contributed by atoms with Crippen molar-refractivity contribution in [3.8, 4) is 17.6 Å². The molecule has 1 aromatic rings. The largest absolute Gasteiger partial charge is 0.573 e. The molecular formula is C10H6ClF3O.